The fourth-order valence-electron chi connectivity index (χ4n) is 1.57. The average Bonchev–Trinajstić information content (AvgIpc) is 2.22. The largest absolute Gasteiger partial charge is 0.487 e. The average molecular weight is 287 g/mol. The molecule has 0 fully saturated rings. The Bertz CT molecular complexity index is 455. The van der Waals surface area contributed by atoms with Gasteiger partial charge in [0.25, 0.3) is 0 Å². The molecule has 0 bridgehead atoms. The number of carboxylic acids is 1. The van der Waals surface area contributed by atoms with Crippen molar-refractivity contribution in [2.45, 2.75) is 46.3 Å². The van der Waals surface area contributed by atoms with Crippen molar-refractivity contribution in [2.75, 3.05) is 0 Å². The third-order valence-electron chi connectivity index (χ3n) is 2.18. The van der Waals surface area contributed by atoms with Gasteiger partial charge in [-0.05, 0) is 39.3 Å². The third kappa shape index (κ3) is 4.99. The van der Waals surface area contributed by atoms with E-state index in [0.29, 0.717) is 22.1 Å². The Labute approximate surface area is 118 Å². The standard InChI is InChI=1S/C14H19ClO4/c1-8(2)18-12-5-10(6-14(16)17)11(15)7-13(12)19-9(3)4/h5,7-9H,6H2,1-4H3,(H,16,17). The zero-order valence-corrected chi connectivity index (χ0v) is 12.3. The SMILES string of the molecule is CC(C)Oc1cc(Cl)c(CC(=O)O)cc1OC(C)C. The van der Waals surface area contributed by atoms with E-state index in [1.807, 2.05) is 27.7 Å². The number of carboxylic acid groups (broad SMARTS) is 1. The lowest BCUT2D eigenvalue weighted by Gasteiger charge is -2.18. The molecule has 0 aliphatic heterocycles. The molecule has 19 heavy (non-hydrogen) atoms. The van der Waals surface area contributed by atoms with Crippen molar-refractivity contribution in [3.05, 3.63) is 22.7 Å². The molecule has 0 aliphatic carbocycles. The Hall–Kier alpha value is -1.42. The van der Waals surface area contributed by atoms with E-state index in [2.05, 4.69) is 0 Å². The molecule has 0 heterocycles. The zero-order valence-electron chi connectivity index (χ0n) is 11.6. The summed E-state index contributed by atoms with van der Waals surface area (Å²) >= 11 is 6.07. The lowest BCUT2D eigenvalue weighted by molar-refractivity contribution is -0.136. The highest BCUT2D eigenvalue weighted by molar-refractivity contribution is 6.31. The molecule has 0 saturated carbocycles. The molecule has 0 aromatic heterocycles. The van der Waals surface area contributed by atoms with E-state index in [0.717, 1.165) is 0 Å². The third-order valence-corrected chi connectivity index (χ3v) is 2.53. The van der Waals surface area contributed by atoms with Crippen LogP contribution in [0.4, 0.5) is 0 Å². The molecule has 106 valence electrons. The van der Waals surface area contributed by atoms with Crippen molar-refractivity contribution in [1.29, 1.82) is 0 Å². The number of aliphatic carboxylic acids is 1. The number of benzene rings is 1. The van der Waals surface area contributed by atoms with Gasteiger partial charge in [-0.25, -0.2) is 0 Å². The molecule has 4 nitrogen and oxygen atoms in total. The molecule has 0 saturated heterocycles. The Morgan fingerprint density at radius 1 is 1.16 bits per heavy atom. The van der Waals surface area contributed by atoms with Gasteiger partial charge in [0.1, 0.15) is 0 Å². The van der Waals surface area contributed by atoms with Crippen LogP contribution in [-0.4, -0.2) is 23.3 Å². The van der Waals surface area contributed by atoms with Gasteiger partial charge in [-0.3, -0.25) is 4.79 Å². The van der Waals surface area contributed by atoms with E-state index < -0.39 is 5.97 Å². The number of halogens is 1. The molecule has 0 radical (unpaired) electrons. The summed E-state index contributed by atoms with van der Waals surface area (Å²) in [5.74, 6) is 0.113. The first-order valence-electron chi connectivity index (χ1n) is 6.17. The van der Waals surface area contributed by atoms with Gasteiger partial charge >= 0.3 is 5.97 Å². The van der Waals surface area contributed by atoms with Crippen LogP contribution in [0.25, 0.3) is 0 Å². The normalized spacial score (nSPS) is 10.9. The van der Waals surface area contributed by atoms with Gasteiger partial charge in [0.05, 0.1) is 18.6 Å². The zero-order chi connectivity index (χ0) is 14.6. The Balaban J connectivity index is 3.15. The fraction of sp³-hybridized carbons (Fsp3) is 0.500. The summed E-state index contributed by atoms with van der Waals surface area (Å²) in [4.78, 5) is 10.8. The van der Waals surface area contributed by atoms with Crippen LogP contribution in [0.2, 0.25) is 5.02 Å². The van der Waals surface area contributed by atoms with Gasteiger partial charge in [0.15, 0.2) is 11.5 Å². The van der Waals surface area contributed by atoms with Gasteiger partial charge in [-0.2, -0.15) is 0 Å². The summed E-state index contributed by atoms with van der Waals surface area (Å²) in [5, 5.41) is 9.22. The molecule has 1 N–H and O–H groups in total. The van der Waals surface area contributed by atoms with Crippen LogP contribution in [0.3, 0.4) is 0 Å². The van der Waals surface area contributed by atoms with Crippen LogP contribution < -0.4 is 9.47 Å². The molecule has 1 aromatic rings. The van der Waals surface area contributed by atoms with Gasteiger partial charge in [0.2, 0.25) is 0 Å². The van der Waals surface area contributed by atoms with E-state index in [9.17, 15) is 4.79 Å². The van der Waals surface area contributed by atoms with Crippen LogP contribution in [0.5, 0.6) is 11.5 Å². The van der Waals surface area contributed by atoms with Crippen molar-refractivity contribution in [3.8, 4) is 11.5 Å². The van der Waals surface area contributed by atoms with Gasteiger partial charge in [0, 0.05) is 11.1 Å². The molecule has 0 spiro atoms. The van der Waals surface area contributed by atoms with Gasteiger partial charge in [-0.15, -0.1) is 0 Å². The van der Waals surface area contributed by atoms with Crippen molar-refractivity contribution in [2.24, 2.45) is 0 Å². The summed E-state index contributed by atoms with van der Waals surface area (Å²) < 4.78 is 11.3. The predicted molar refractivity (Wildman–Crippen MR) is 74.3 cm³/mol. The monoisotopic (exact) mass is 286 g/mol. The highest BCUT2D eigenvalue weighted by Crippen LogP contribution is 2.35. The molecule has 0 unspecified atom stereocenters. The maximum Gasteiger partial charge on any atom is 0.307 e. The quantitative estimate of drug-likeness (QED) is 0.869. The second kappa shape index (κ2) is 6.66. The highest BCUT2D eigenvalue weighted by atomic mass is 35.5. The number of ether oxygens (including phenoxy) is 2. The first-order valence-corrected chi connectivity index (χ1v) is 6.55. The summed E-state index contributed by atoms with van der Waals surface area (Å²) in [6, 6.07) is 3.24. The maximum atomic E-state index is 10.8. The minimum absolute atomic E-state index is 0.0177. The molecule has 0 atom stereocenters. The summed E-state index contributed by atoms with van der Waals surface area (Å²) in [6.07, 6.45) is -0.195. The van der Waals surface area contributed by atoms with E-state index in [1.54, 1.807) is 12.1 Å². The summed E-state index contributed by atoms with van der Waals surface area (Å²) in [6.45, 7) is 7.59. The van der Waals surface area contributed by atoms with Gasteiger partial charge in [-0.1, -0.05) is 11.6 Å². The fourth-order valence-corrected chi connectivity index (χ4v) is 1.79. The second-order valence-electron chi connectivity index (χ2n) is 4.79. The van der Waals surface area contributed by atoms with Crippen molar-refractivity contribution >= 4 is 17.6 Å². The van der Waals surface area contributed by atoms with Gasteiger partial charge < -0.3 is 14.6 Å². The van der Waals surface area contributed by atoms with E-state index >= 15 is 0 Å². The first kappa shape index (κ1) is 15.6. The lowest BCUT2D eigenvalue weighted by atomic mass is 10.1. The van der Waals surface area contributed by atoms with E-state index in [4.69, 9.17) is 26.2 Å². The van der Waals surface area contributed by atoms with E-state index in [-0.39, 0.29) is 18.6 Å². The minimum atomic E-state index is -0.935. The molecule has 1 aromatic carbocycles. The smallest absolute Gasteiger partial charge is 0.307 e. The molecular formula is C14H19ClO4. The van der Waals surface area contributed by atoms with Crippen LogP contribution in [-0.2, 0) is 11.2 Å². The van der Waals surface area contributed by atoms with Crippen molar-refractivity contribution in [3.63, 3.8) is 0 Å². The highest BCUT2D eigenvalue weighted by Gasteiger charge is 2.15. The molecule has 0 amide bonds. The van der Waals surface area contributed by atoms with E-state index in [1.165, 1.54) is 0 Å². The summed E-state index contributed by atoms with van der Waals surface area (Å²) in [5.41, 5.74) is 0.515. The Morgan fingerprint density at radius 3 is 2.05 bits per heavy atom. The van der Waals surface area contributed by atoms with Crippen molar-refractivity contribution < 1.29 is 19.4 Å². The Morgan fingerprint density at radius 2 is 1.63 bits per heavy atom. The molecule has 5 heteroatoms. The van der Waals surface area contributed by atoms with Crippen LogP contribution in [0, 0.1) is 0 Å². The predicted octanol–water partition coefficient (Wildman–Crippen LogP) is 3.54. The van der Waals surface area contributed by atoms with Crippen LogP contribution in [0.15, 0.2) is 12.1 Å². The summed E-state index contributed by atoms with van der Waals surface area (Å²) in [7, 11) is 0. The van der Waals surface area contributed by atoms with Crippen LogP contribution in [0.1, 0.15) is 33.3 Å². The van der Waals surface area contributed by atoms with Crippen LogP contribution >= 0.6 is 11.6 Å². The molecule has 1 rings (SSSR count). The minimum Gasteiger partial charge on any atom is -0.487 e. The second-order valence-corrected chi connectivity index (χ2v) is 5.20. The van der Waals surface area contributed by atoms with Crippen molar-refractivity contribution in [1.82, 2.24) is 0 Å². The lowest BCUT2D eigenvalue weighted by Crippen LogP contribution is -2.12. The Kier molecular flexibility index (Phi) is 5.48. The number of hydrogen-bond donors (Lipinski definition) is 1. The number of carbonyl (C=O) groups is 1. The number of hydrogen-bond acceptors (Lipinski definition) is 3. The topological polar surface area (TPSA) is 55.8 Å². The number of rotatable bonds is 6. The maximum absolute atomic E-state index is 10.8. The molecule has 0 aliphatic rings. The molecular weight excluding hydrogens is 268 g/mol. The first-order chi connectivity index (χ1) is 8.79.